The topological polar surface area (TPSA) is 51.2 Å². The van der Waals surface area contributed by atoms with Crippen molar-refractivity contribution >= 4 is 29.1 Å². The number of ether oxygens (including phenoxy) is 1. The van der Waals surface area contributed by atoms with Crippen LogP contribution in [-0.2, 0) is 9.53 Å². The Morgan fingerprint density at radius 1 is 1.70 bits per heavy atom. The maximum Gasteiger partial charge on any atom is 0.326 e. The van der Waals surface area contributed by atoms with Crippen LogP contribution in [0.1, 0.15) is 31.4 Å². The lowest BCUT2D eigenvalue weighted by molar-refractivity contribution is -0.150. The Kier molecular flexibility index (Phi) is 5.46. The molecule has 6 heteroatoms. The van der Waals surface area contributed by atoms with Crippen LogP contribution in [-0.4, -0.2) is 36.4 Å². The van der Waals surface area contributed by atoms with E-state index in [0.717, 1.165) is 41.5 Å². The number of nitrogens with zero attached hydrogens (tertiary/aromatic N) is 1. The van der Waals surface area contributed by atoms with Crippen molar-refractivity contribution in [1.29, 1.82) is 0 Å². The Hall–Kier alpha value is -0.590. The highest BCUT2D eigenvalue weighted by Gasteiger charge is 2.48. The molecule has 1 N–H and O–H groups in total. The molecule has 0 saturated heterocycles. The molecule has 1 saturated carbocycles. The number of methoxy groups -OCH3 is 1. The van der Waals surface area contributed by atoms with Crippen LogP contribution in [0.2, 0.25) is 0 Å². The van der Waals surface area contributed by atoms with Crippen LogP contribution in [0, 0.1) is 12.8 Å². The SMILES string of the molecule is CNC1(C(=O)OC)CCCC1CCSc1nc(C)cs1. The molecule has 1 aliphatic carbocycles. The first kappa shape index (κ1) is 15.8. The summed E-state index contributed by atoms with van der Waals surface area (Å²) in [7, 11) is 3.34. The number of esters is 1. The second-order valence-corrected chi connectivity index (χ2v) is 7.39. The lowest BCUT2D eigenvalue weighted by Gasteiger charge is -2.32. The fraction of sp³-hybridized carbons (Fsp3) is 0.714. The zero-order chi connectivity index (χ0) is 14.6. The summed E-state index contributed by atoms with van der Waals surface area (Å²) < 4.78 is 6.13. The molecule has 0 spiro atoms. The quantitative estimate of drug-likeness (QED) is 0.646. The number of likely N-dealkylation sites (N-methyl/N-ethyl adjacent to an activating group) is 1. The molecule has 1 aromatic heterocycles. The van der Waals surface area contributed by atoms with E-state index < -0.39 is 5.54 Å². The van der Waals surface area contributed by atoms with E-state index in [1.165, 1.54) is 7.11 Å². The molecule has 0 aliphatic heterocycles. The van der Waals surface area contributed by atoms with Crippen LogP contribution in [0.4, 0.5) is 0 Å². The number of aryl methyl sites for hydroxylation is 1. The molecule has 1 fully saturated rings. The van der Waals surface area contributed by atoms with E-state index in [4.69, 9.17) is 4.74 Å². The van der Waals surface area contributed by atoms with Crippen molar-refractivity contribution in [3.63, 3.8) is 0 Å². The molecular formula is C14H22N2O2S2. The second-order valence-electron chi connectivity index (χ2n) is 5.19. The summed E-state index contributed by atoms with van der Waals surface area (Å²) in [6.07, 6.45) is 4.07. The first-order valence-corrected chi connectivity index (χ1v) is 8.81. The van der Waals surface area contributed by atoms with Gasteiger partial charge in [0.1, 0.15) is 9.88 Å². The highest BCUT2D eigenvalue weighted by Crippen LogP contribution is 2.40. The van der Waals surface area contributed by atoms with Crippen LogP contribution in [0.25, 0.3) is 0 Å². The number of hydrogen-bond acceptors (Lipinski definition) is 6. The zero-order valence-corrected chi connectivity index (χ0v) is 13.9. The number of hydrogen-bond donors (Lipinski definition) is 1. The summed E-state index contributed by atoms with van der Waals surface area (Å²) >= 11 is 3.48. The van der Waals surface area contributed by atoms with Crippen molar-refractivity contribution < 1.29 is 9.53 Å². The van der Waals surface area contributed by atoms with Crippen LogP contribution in [0.3, 0.4) is 0 Å². The van der Waals surface area contributed by atoms with Gasteiger partial charge in [-0.15, -0.1) is 11.3 Å². The lowest BCUT2D eigenvalue weighted by Crippen LogP contribution is -2.53. The molecule has 0 bridgehead atoms. The third kappa shape index (κ3) is 3.18. The maximum atomic E-state index is 12.1. The number of carbonyl (C=O) groups is 1. The summed E-state index contributed by atoms with van der Waals surface area (Å²) in [6.45, 7) is 2.01. The van der Waals surface area contributed by atoms with Gasteiger partial charge >= 0.3 is 5.97 Å². The van der Waals surface area contributed by atoms with Crippen LogP contribution in [0.15, 0.2) is 9.72 Å². The molecule has 112 valence electrons. The summed E-state index contributed by atoms with van der Waals surface area (Å²) in [5.41, 5.74) is 0.603. The van der Waals surface area contributed by atoms with Gasteiger partial charge in [0.15, 0.2) is 0 Å². The molecule has 0 aromatic carbocycles. The predicted octanol–water partition coefficient (Wildman–Crippen LogP) is 2.87. The highest BCUT2D eigenvalue weighted by atomic mass is 32.2. The number of thiazole rings is 1. The predicted molar refractivity (Wildman–Crippen MR) is 83.3 cm³/mol. The van der Waals surface area contributed by atoms with Gasteiger partial charge in [0, 0.05) is 16.8 Å². The van der Waals surface area contributed by atoms with Crippen molar-refractivity contribution in [2.24, 2.45) is 5.92 Å². The molecule has 2 rings (SSSR count). The summed E-state index contributed by atoms with van der Waals surface area (Å²) in [6, 6.07) is 0. The minimum atomic E-state index is -0.478. The van der Waals surface area contributed by atoms with E-state index in [0.29, 0.717) is 5.92 Å². The van der Waals surface area contributed by atoms with Gasteiger partial charge in [-0.25, -0.2) is 4.98 Å². The number of nitrogens with one attached hydrogen (secondary N) is 1. The van der Waals surface area contributed by atoms with Crippen LogP contribution < -0.4 is 5.32 Å². The van der Waals surface area contributed by atoms with E-state index >= 15 is 0 Å². The molecule has 2 atom stereocenters. The van der Waals surface area contributed by atoms with Gasteiger partial charge in [-0.2, -0.15) is 0 Å². The normalized spacial score (nSPS) is 25.9. The average Bonchev–Trinajstić information content (AvgIpc) is 3.05. The average molecular weight is 314 g/mol. The van der Waals surface area contributed by atoms with E-state index in [1.54, 1.807) is 23.1 Å². The van der Waals surface area contributed by atoms with E-state index in [2.05, 4.69) is 15.7 Å². The van der Waals surface area contributed by atoms with E-state index in [-0.39, 0.29) is 5.97 Å². The maximum absolute atomic E-state index is 12.1. The number of aromatic nitrogens is 1. The number of carbonyl (C=O) groups excluding carboxylic acids is 1. The Bertz CT molecular complexity index is 464. The smallest absolute Gasteiger partial charge is 0.326 e. The van der Waals surface area contributed by atoms with Gasteiger partial charge in [-0.3, -0.25) is 4.79 Å². The van der Waals surface area contributed by atoms with Gasteiger partial charge in [0.25, 0.3) is 0 Å². The van der Waals surface area contributed by atoms with Crippen molar-refractivity contribution in [1.82, 2.24) is 10.3 Å². The number of thioether (sulfide) groups is 1. The Balaban J connectivity index is 1.92. The Morgan fingerprint density at radius 2 is 2.50 bits per heavy atom. The number of rotatable bonds is 6. The second kappa shape index (κ2) is 6.91. The van der Waals surface area contributed by atoms with E-state index in [9.17, 15) is 4.79 Å². The minimum Gasteiger partial charge on any atom is -0.468 e. The molecule has 2 unspecified atom stereocenters. The Morgan fingerprint density at radius 3 is 3.10 bits per heavy atom. The van der Waals surface area contributed by atoms with Gasteiger partial charge in [-0.05, 0) is 39.2 Å². The largest absolute Gasteiger partial charge is 0.468 e. The fourth-order valence-corrected chi connectivity index (χ4v) is 5.01. The molecule has 1 aromatic rings. The monoisotopic (exact) mass is 314 g/mol. The van der Waals surface area contributed by atoms with Crippen LogP contribution >= 0.6 is 23.1 Å². The molecule has 1 heterocycles. The molecular weight excluding hydrogens is 292 g/mol. The highest BCUT2D eigenvalue weighted by molar-refractivity contribution is 8.01. The zero-order valence-electron chi connectivity index (χ0n) is 12.3. The molecule has 1 aliphatic rings. The van der Waals surface area contributed by atoms with Gasteiger partial charge in [0.2, 0.25) is 0 Å². The van der Waals surface area contributed by atoms with Gasteiger partial charge in [-0.1, -0.05) is 18.2 Å². The van der Waals surface area contributed by atoms with Crippen molar-refractivity contribution in [2.75, 3.05) is 19.9 Å². The molecule has 20 heavy (non-hydrogen) atoms. The van der Waals surface area contributed by atoms with Crippen molar-refractivity contribution in [2.45, 2.75) is 42.5 Å². The third-order valence-corrected chi connectivity index (χ3v) is 6.28. The van der Waals surface area contributed by atoms with Gasteiger partial charge < -0.3 is 10.1 Å². The first-order chi connectivity index (χ1) is 9.62. The van der Waals surface area contributed by atoms with Crippen LogP contribution in [0.5, 0.6) is 0 Å². The summed E-state index contributed by atoms with van der Waals surface area (Å²) in [5.74, 6) is 1.24. The molecule has 4 nitrogen and oxygen atoms in total. The summed E-state index contributed by atoms with van der Waals surface area (Å²) in [4.78, 5) is 16.6. The van der Waals surface area contributed by atoms with E-state index in [1.807, 2.05) is 14.0 Å². The van der Waals surface area contributed by atoms with Crippen molar-refractivity contribution in [3.8, 4) is 0 Å². The van der Waals surface area contributed by atoms with Gasteiger partial charge in [0.05, 0.1) is 7.11 Å². The summed E-state index contributed by atoms with van der Waals surface area (Å²) in [5, 5.41) is 5.31. The van der Waals surface area contributed by atoms with Crippen molar-refractivity contribution in [3.05, 3.63) is 11.1 Å². The Labute approximate surface area is 128 Å². The third-order valence-electron chi connectivity index (χ3n) is 4.11. The fourth-order valence-electron chi connectivity index (χ4n) is 3.04. The lowest BCUT2D eigenvalue weighted by atomic mass is 9.85. The first-order valence-electron chi connectivity index (χ1n) is 6.94. The molecule has 0 amide bonds. The minimum absolute atomic E-state index is 0.113. The standard InChI is InChI=1S/C14H22N2O2S2/c1-10-9-20-13(16-10)19-8-6-11-5-4-7-14(11,15-2)12(17)18-3/h9,11,15H,4-8H2,1-3H3. The molecule has 0 radical (unpaired) electrons.